The van der Waals surface area contributed by atoms with E-state index in [-0.39, 0.29) is 11.6 Å². The third-order valence-corrected chi connectivity index (χ3v) is 4.30. The lowest BCUT2D eigenvalue weighted by Crippen LogP contribution is -2.48. The summed E-state index contributed by atoms with van der Waals surface area (Å²) in [5.74, 6) is 0. The van der Waals surface area contributed by atoms with E-state index < -0.39 is 0 Å². The molecule has 0 aromatic heterocycles. The van der Waals surface area contributed by atoms with Crippen molar-refractivity contribution in [2.75, 3.05) is 5.32 Å². The second-order valence-corrected chi connectivity index (χ2v) is 5.59. The Kier molecular flexibility index (Phi) is 3.75. The summed E-state index contributed by atoms with van der Waals surface area (Å²) >= 11 is 0. The van der Waals surface area contributed by atoms with Crippen LogP contribution in [0.5, 0.6) is 0 Å². The van der Waals surface area contributed by atoms with Crippen molar-refractivity contribution >= 4 is 5.69 Å². The first kappa shape index (κ1) is 13.2. The zero-order chi connectivity index (χ0) is 13.8. The molecule has 0 heterocycles. The van der Waals surface area contributed by atoms with Gasteiger partial charge in [-0.05, 0) is 30.5 Å². The Hall–Kier alpha value is -1.80. The quantitative estimate of drug-likeness (QED) is 0.883. The molecular weight excluding hydrogens is 246 g/mol. The first-order valence-electron chi connectivity index (χ1n) is 7.38. The highest BCUT2D eigenvalue weighted by molar-refractivity contribution is 5.48. The minimum atomic E-state index is -0.360. The van der Waals surface area contributed by atoms with E-state index in [1.54, 1.807) is 0 Å². The van der Waals surface area contributed by atoms with E-state index in [2.05, 4.69) is 29.6 Å². The number of anilines is 1. The molecule has 0 amide bonds. The first-order chi connectivity index (χ1) is 9.81. The highest BCUT2D eigenvalue weighted by Crippen LogP contribution is 2.40. The molecule has 0 bridgehead atoms. The van der Waals surface area contributed by atoms with Gasteiger partial charge in [0.05, 0.1) is 11.6 Å². The number of nitrogens with one attached hydrogen (secondary N) is 1. The lowest BCUT2D eigenvalue weighted by atomic mass is 9.74. The summed E-state index contributed by atoms with van der Waals surface area (Å²) in [6.07, 6.45) is 3.72. The average molecular weight is 267 g/mol. The largest absolute Gasteiger partial charge is 0.390 e. The van der Waals surface area contributed by atoms with E-state index in [0.717, 1.165) is 31.4 Å². The van der Waals surface area contributed by atoms with Gasteiger partial charge in [0.1, 0.15) is 0 Å². The molecule has 0 saturated heterocycles. The van der Waals surface area contributed by atoms with Gasteiger partial charge < -0.3 is 10.4 Å². The number of rotatable bonds is 3. The van der Waals surface area contributed by atoms with Gasteiger partial charge >= 0.3 is 0 Å². The van der Waals surface area contributed by atoms with Crippen LogP contribution >= 0.6 is 0 Å². The summed E-state index contributed by atoms with van der Waals surface area (Å²) < 4.78 is 0. The molecule has 2 N–H and O–H groups in total. The molecule has 2 aromatic carbocycles. The number of para-hydroxylation sites is 1. The average Bonchev–Trinajstić information content (AvgIpc) is 2.52. The van der Waals surface area contributed by atoms with Crippen LogP contribution in [0.2, 0.25) is 0 Å². The molecule has 3 rings (SSSR count). The molecule has 2 aromatic rings. The fourth-order valence-electron chi connectivity index (χ4n) is 3.22. The van der Waals surface area contributed by atoms with Crippen LogP contribution in [0.4, 0.5) is 5.69 Å². The molecule has 104 valence electrons. The number of aliphatic hydroxyl groups excluding tert-OH is 1. The third kappa shape index (κ3) is 2.44. The Morgan fingerprint density at radius 2 is 1.55 bits per heavy atom. The second kappa shape index (κ2) is 5.68. The molecule has 2 heteroatoms. The predicted octanol–water partition coefficient (Wildman–Crippen LogP) is 3.93. The van der Waals surface area contributed by atoms with E-state index in [0.29, 0.717) is 0 Å². The summed E-state index contributed by atoms with van der Waals surface area (Å²) in [6.45, 7) is 0. The lowest BCUT2D eigenvalue weighted by molar-refractivity contribution is 0.0573. The van der Waals surface area contributed by atoms with Gasteiger partial charge in [-0.1, -0.05) is 61.4 Å². The SMILES string of the molecule is OC1CCCCC1(Nc1ccccc1)c1ccccc1. The van der Waals surface area contributed by atoms with Crippen LogP contribution in [-0.4, -0.2) is 11.2 Å². The van der Waals surface area contributed by atoms with Crippen molar-refractivity contribution in [1.82, 2.24) is 0 Å². The predicted molar refractivity (Wildman–Crippen MR) is 82.7 cm³/mol. The Bertz CT molecular complexity index is 540. The van der Waals surface area contributed by atoms with Crippen LogP contribution in [0.3, 0.4) is 0 Å². The van der Waals surface area contributed by atoms with Crippen LogP contribution in [-0.2, 0) is 5.54 Å². The molecule has 0 radical (unpaired) electrons. The van der Waals surface area contributed by atoms with Crippen molar-refractivity contribution in [3.8, 4) is 0 Å². The number of hydrogen-bond donors (Lipinski definition) is 2. The fourth-order valence-corrected chi connectivity index (χ4v) is 3.22. The van der Waals surface area contributed by atoms with Crippen LogP contribution in [0.25, 0.3) is 0 Å². The highest BCUT2D eigenvalue weighted by Gasteiger charge is 2.41. The van der Waals surface area contributed by atoms with Crippen molar-refractivity contribution in [3.05, 3.63) is 66.2 Å². The maximum atomic E-state index is 10.7. The van der Waals surface area contributed by atoms with Gasteiger partial charge in [0.15, 0.2) is 0 Å². The third-order valence-electron chi connectivity index (χ3n) is 4.30. The van der Waals surface area contributed by atoms with Crippen molar-refractivity contribution in [3.63, 3.8) is 0 Å². The Balaban J connectivity index is 1.99. The molecule has 20 heavy (non-hydrogen) atoms. The minimum absolute atomic E-state index is 0.348. The minimum Gasteiger partial charge on any atom is -0.390 e. The van der Waals surface area contributed by atoms with E-state index >= 15 is 0 Å². The van der Waals surface area contributed by atoms with Crippen LogP contribution in [0.15, 0.2) is 60.7 Å². The van der Waals surface area contributed by atoms with Crippen molar-refractivity contribution < 1.29 is 5.11 Å². The van der Waals surface area contributed by atoms with Gasteiger partial charge in [0.2, 0.25) is 0 Å². The molecule has 0 spiro atoms. The Morgan fingerprint density at radius 1 is 0.900 bits per heavy atom. The van der Waals surface area contributed by atoms with Gasteiger partial charge in [-0.15, -0.1) is 0 Å². The summed E-state index contributed by atoms with van der Waals surface area (Å²) in [7, 11) is 0. The van der Waals surface area contributed by atoms with Gasteiger partial charge in [0.25, 0.3) is 0 Å². The molecule has 2 nitrogen and oxygen atoms in total. The molecule has 1 aliphatic carbocycles. The number of benzene rings is 2. The maximum absolute atomic E-state index is 10.7. The number of hydrogen-bond acceptors (Lipinski definition) is 2. The van der Waals surface area contributed by atoms with Crippen LogP contribution in [0, 0.1) is 0 Å². The summed E-state index contributed by atoms with van der Waals surface area (Å²) in [5.41, 5.74) is 1.88. The molecule has 2 atom stereocenters. The highest BCUT2D eigenvalue weighted by atomic mass is 16.3. The van der Waals surface area contributed by atoms with E-state index in [9.17, 15) is 5.11 Å². The van der Waals surface area contributed by atoms with Gasteiger partial charge in [-0.3, -0.25) is 0 Å². The monoisotopic (exact) mass is 267 g/mol. The van der Waals surface area contributed by atoms with Crippen LogP contribution in [0.1, 0.15) is 31.2 Å². The molecule has 2 unspecified atom stereocenters. The van der Waals surface area contributed by atoms with Crippen molar-refractivity contribution in [2.24, 2.45) is 0 Å². The van der Waals surface area contributed by atoms with E-state index in [1.807, 2.05) is 36.4 Å². The maximum Gasteiger partial charge on any atom is 0.0885 e. The van der Waals surface area contributed by atoms with Crippen molar-refractivity contribution in [2.45, 2.75) is 37.3 Å². The Labute approximate surface area is 120 Å². The van der Waals surface area contributed by atoms with Gasteiger partial charge in [0, 0.05) is 5.69 Å². The van der Waals surface area contributed by atoms with Crippen molar-refractivity contribution in [1.29, 1.82) is 0 Å². The topological polar surface area (TPSA) is 32.3 Å². The standard InChI is InChI=1S/C18H21NO/c20-17-13-7-8-14-18(17,15-9-3-1-4-10-15)19-16-11-5-2-6-12-16/h1-6,9-12,17,19-20H,7-8,13-14H2. The summed E-state index contributed by atoms with van der Waals surface area (Å²) in [6, 6.07) is 20.5. The molecular formula is C18H21NO. The van der Waals surface area contributed by atoms with Gasteiger partial charge in [-0.25, -0.2) is 0 Å². The zero-order valence-electron chi connectivity index (χ0n) is 11.6. The van der Waals surface area contributed by atoms with E-state index in [4.69, 9.17) is 0 Å². The zero-order valence-corrected chi connectivity index (χ0v) is 11.6. The molecule has 1 saturated carbocycles. The summed E-state index contributed by atoms with van der Waals surface area (Å²) in [4.78, 5) is 0. The molecule has 0 aliphatic heterocycles. The normalized spacial score (nSPS) is 26.1. The van der Waals surface area contributed by atoms with Crippen LogP contribution < -0.4 is 5.32 Å². The molecule has 1 aliphatic rings. The van der Waals surface area contributed by atoms with E-state index in [1.165, 1.54) is 5.56 Å². The summed E-state index contributed by atoms with van der Waals surface area (Å²) in [5, 5.41) is 14.3. The number of aliphatic hydroxyl groups is 1. The van der Waals surface area contributed by atoms with Gasteiger partial charge in [-0.2, -0.15) is 0 Å². The second-order valence-electron chi connectivity index (χ2n) is 5.59. The smallest absolute Gasteiger partial charge is 0.0885 e. The lowest BCUT2D eigenvalue weighted by Gasteiger charge is -2.43. The molecule has 1 fully saturated rings. The first-order valence-corrected chi connectivity index (χ1v) is 7.38. The Morgan fingerprint density at radius 3 is 2.20 bits per heavy atom. The fraction of sp³-hybridized carbons (Fsp3) is 0.333.